The van der Waals surface area contributed by atoms with Crippen LogP contribution in [0, 0.1) is 0 Å². The zero-order chi connectivity index (χ0) is 14.4. The highest BCUT2D eigenvalue weighted by molar-refractivity contribution is 9.10. The van der Waals surface area contributed by atoms with Crippen LogP contribution in [0.1, 0.15) is 15.2 Å². The second kappa shape index (κ2) is 7.02. The van der Waals surface area contributed by atoms with Gasteiger partial charge in [-0.15, -0.1) is 11.3 Å². The van der Waals surface area contributed by atoms with E-state index in [1.165, 1.54) is 17.4 Å². The van der Waals surface area contributed by atoms with Gasteiger partial charge < -0.3 is 0 Å². The van der Waals surface area contributed by atoms with Crippen LogP contribution in [0.25, 0.3) is 6.08 Å². The normalized spacial score (nSPS) is 10.4. The van der Waals surface area contributed by atoms with E-state index in [1.54, 1.807) is 23.6 Å². The number of amides is 2. The zero-order valence-corrected chi connectivity index (χ0v) is 12.7. The lowest BCUT2D eigenvalue weighted by atomic mass is 10.2. The third-order valence-corrected chi connectivity index (χ3v) is 3.95. The SMILES string of the molecule is O=C(/C=C/c1ccccc1Br)NNC(=O)c1cccs1. The molecule has 0 radical (unpaired) electrons. The van der Waals surface area contributed by atoms with Crippen LogP contribution in [0.4, 0.5) is 0 Å². The van der Waals surface area contributed by atoms with Gasteiger partial charge in [0.25, 0.3) is 11.8 Å². The third kappa shape index (κ3) is 4.04. The summed E-state index contributed by atoms with van der Waals surface area (Å²) in [6.07, 6.45) is 3.02. The summed E-state index contributed by atoms with van der Waals surface area (Å²) in [5.74, 6) is -0.728. The standard InChI is InChI=1S/C14H11BrN2O2S/c15-11-5-2-1-4-10(11)7-8-13(18)16-17-14(19)12-6-3-9-20-12/h1-9H,(H,16,18)(H,17,19)/b8-7+. The monoisotopic (exact) mass is 350 g/mol. The highest BCUT2D eigenvalue weighted by Crippen LogP contribution is 2.16. The molecular weight excluding hydrogens is 340 g/mol. The summed E-state index contributed by atoms with van der Waals surface area (Å²) in [5, 5.41) is 1.80. The maximum atomic E-state index is 11.6. The van der Waals surface area contributed by atoms with Crippen LogP contribution in [-0.2, 0) is 4.79 Å². The second-order valence-corrected chi connectivity index (χ2v) is 5.58. The number of rotatable bonds is 3. The fourth-order valence-corrected chi connectivity index (χ4v) is 2.44. The van der Waals surface area contributed by atoms with E-state index in [0.717, 1.165) is 10.0 Å². The average molecular weight is 351 g/mol. The van der Waals surface area contributed by atoms with Crippen molar-refractivity contribution in [3.8, 4) is 0 Å². The fourth-order valence-electron chi connectivity index (χ4n) is 1.41. The van der Waals surface area contributed by atoms with E-state index in [0.29, 0.717) is 4.88 Å². The van der Waals surface area contributed by atoms with Gasteiger partial charge in [-0.3, -0.25) is 20.4 Å². The van der Waals surface area contributed by atoms with Crippen molar-refractivity contribution in [2.45, 2.75) is 0 Å². The molecule has 2 amide bonds. The van der Waals surface area contributed by atoms with Gasteiger partial charge in [0.2, 0.25) is 0 Å². The van der Waals surface area contributed by atoms with E-state index in [2.05, 4.69) is 26.8 Å². The van der Waals surface area contributed by atoms with E-state index in [9.17, 15) is 9.59 Å². The molecule has 2 N–H and O–H groups in total. The van der Waals surface area contributed by atoms with Crippen molar-refractivity contribution >= 4 is 45.2 Å². The lowest BCUT2D eigenvalue weighted by Gasteiger charge is -2.03. The summed E-state index contributed by atoms with van der Waals surface area (Å²) in [7, 11) is 0. The Morgan fingerprint density at radius 3 is 2.60 bits per heavy atom. The first kappa shape index (κ1) is 14.5. The molecule has 0 fully saturated rings. The van der Waals surface area contributed by atoms with Gasteiger partial charge in [0, 0.05) is 10.5 Å². The Morgan fingerprint density at radius 2 is 1.90 bits per heavy atom. The van der Waals surface area contributed by atoms with Gasteiger partial charge in [0.05, 0.1) is 4.88 Å². The Bertz CT molecular complexity index is 638. The van der Waals surface area contributed by atoms with Crippen molar-refractivity contribution in [1.29, 1.82) is 0 Å². The van der Waals surface area contributed by atoms with E-state index in [4.69, 9.17) is 0 Å². The number of nitrogens with one attached hydrogen (secondary N) is 2. The molecule has 1 aromatic carbocycles. The molecule has 1 heterocycles. The van der Waals surface area contributed by atoms with Crippen LogP contribution in [0.3, 0.4) is 0 Å². The molecule has 2 aromatic rings. The number of halogens is 1. The highest BCUT2D eigenvalue weighted by atomic mass is 79.9. The van der Waals surface area contributed by atoms with Crippen LogP contribution < -0.4 is 10.9 Å². The number of hydrazine groups is 1. The van der Waals surface area contributed by atoms with Crippen molar-refractivity contribution in [2.75, 3.05) is 0 Å². The minimum atomic E-state index is -0.398. The van der Waals surface area contributed by atoms with Crippen LogP contribution in [0.15, 0.2) is 52.3 Å². The molecule has 0 bridgehead atoms. The average Bonchev–Trinajstić information content (AvgIpc) is 2.98. The molecule has 0 unspecified atom stereocenters. The van der Waals surface area contributed by atoms with Gasteiger partial charge >= 0.3 is 0 Å². The van der Waals surface area contributed by atoms with Crippen molar-refractivity contribution in [2.24, 2.45) is 0 Å². The second-order valence-electron chi connectivity index (χ2n) is 3.78. The van der Waals surface area contributed by atoms with Crippen LogP contribution in [-0.4, -0.2) is 11.8 Å². The molecule has 6 heteroatoms. The topological polar surface area (TPSA) is 58.2 Å². The molecule has 0 aliphatic rings. The molecule has 20 heavy (non-hydrogen) atoms. The first-order chi connectivity index (χ1) is 9.66. The van der Waals surface area contributed by atoms with Crippen LogP contribution in [0.5, 0.6) is 0 Å². The largest absolute Gasteiger partial charge is 0.279 e. The van der Waals surface area contributed by atoms with E-state index in [-0.39, 0.29) is 5.91 Å². The van der Waals surface area contributed by atoms with Gasteiger partial charge in [0.1, 0.15) is 0 Å². The summed E-state index contributed by atoms with van der Waals surface area (Å²) in [6.45, 7) is 0. The molecule has 1 aromatic heterocycles. The van der Waals surface area contributed by atoms with Crippen molar-refractivity contribution in [3.63, 3.8) is 0 Å². The van der Waals surface area contributed by atoms with Crippen LogP contribution >= 0.6 is 27.3 Å². The molecular formula is C14H11BrN2O2S. The Hall–Kier alpha value is -1.92. The predicted octanol–water partition coefficient (Wildman–Crippen LogP) is 2.99. The Kier molecular flexibility index (Phi) is 5.09. The predicted molar refractivity (Wildman–Crippen MR) is 83.1 cm³/mol. The van der Waals surface area contributed by atoms with Gasteiger partial charge in [0.15, 0.2) is 0 Å². The fraction of sp³-hybridized carbons (Fsp3) is 0. The van der Waals surface area contributed by atoms with E-state index in [1.807, 2.05) is 24.3 Å². The summed E-state index contributed by atoms with van der Waals surface area (Å²) >= 11 is 4.69. The molecule has 0 atom stereocenters. The maximum Gasteiger partial charge on any atom is 0.279 e. The van der Waals surface area contributed by atoms with Crippen molar-refractivity contribution in [3.05, 3.63) is 62.8 Å². The Balaban J connectivity index is 1.87. The smallest absolute Gasteiger partial charge is 0.268 e. The number of carbonyl (C=O) groups excluding carboxylic acids is 2. The van der Waals surface area contributed by atoms with E-state index >= 15 is 0 Å². The minimum absolute atomic E-state index is 0.331. The number of thiophene rings is 1. The maximum absolute atomic E-state index is 11.6. The number of hydrogen-bond acceptors (Lipinski definition) is 3. The zero-order valence-electron chi connectivity index (χ0n) is 10.3. The summed E-state index contributed by atoms with van der Waals surface area (Å²) in [4.78, 5) is 23.7. The minimum Gasteiger partial charge on any atom is -0.268 e. The molecule has 0 saturated heterocycles. The number of benzene rings is 1. The van der Waals surface area contributed by atoms with E-state index < -0.39 is 5.91 Å². The van der Waals surface area contributed by atoms with Gasteiger partial charge in [-0.1, -0.05) is 40.2 Å². The van der Waals surface area contributed by atoms with Gasteiger partial charge in [-0.25, -0.2) is 0 Å². The molecule has 0 aliphatic carbocycles. The van der Waals surface area contributed by atoms with Gasteiger partial charge in [-0.2, -0.15) is 0 Å². The summed E-state index contributed by atoms with van der Waals surface area (Å²) < 4.78 is 0.895. The van der Waals surface area contributed by atoms with Gasteiger partial charge in [-0.05, 0) is 29.2 Å². The quantitative estimate of drug-likeness (QED) is 0.660. The number of carbonyl (C=O) groups is 2. The molecule has 0 aliphatic heterocycles. The van der Waals surface area contributed by atoms with Crippen molar-refractivity contribution < 1.29 is 9.59 Å². The summed E-state index contributed by atoms with van der Waals surface area (Å²) in [6, 6.07) is 11.0. The highest BCUT2D eigenvalue weighted by Gasteiger charge is 2.06. The lowest BCUT2D eigenvalue weighted by molar-refractivity contribution is -0.117. The lowest BCUT2D eigenvalue weighted by Crippen LogP contribution is -2.40. The molecule has 4 nitrogen and oxygen atoms in total. The summed E-state index contributed by atoms with van der Waals surface area (Å²) in [5.41, 5.74) is 5.55. The molecule has 102 valence electrons. The third-order valence-electron chi connectivity index (χ3n) is 2.36. The van der Waals surface area contributed by atoms with Crippen molar-refractivity contribution in [1.82, 2.24) is 10.9 Å². The van der Waals surface area contributed by atoms with Crippen LogP contribution in [0.2, 0.25) is 0 Å². The molecule has 0 spiro atoms. The Labute approximate surface area is 128 Å². The first-order valence-corrected chi connectivity index (χ1v) is 7.40. The molecule has 0 saturated carbocycles. The Morgan fingerprint density at radius 1 is 1.10 bits per heavy atom. The number of hydrogen-bond donors (Lipinski definition) is 2. The molecule has 2 rings (SSSR count). The first-order valence-electron chi connectivity index (χ1n) is 5.73.